The van der Waals surface area contributed by atoms with Gasteiger partial charge in [0, 0.05) is 24.4 Å². The summed E-state index contributed by atoms with van der Waals surface area (Å²) in [7, 11) is 0. The van der Waals surface area contributed by atoms with Crippen LogP contribution in [0.4, 0.5) is 5.69 Å². The fourth-order valence-electron chi connectivity index (χ4n) is 3.09. The number of hydrogen-bond acceptors (Lipinski definition) is 5. The first-order valence-electron chi connectivity index (χ1n) is 8.91. The van der Waals surface area contributed by atoms with Crippen LogP contribution in [-0.4, -0.2) is 39.1 Å². The minimum absolute atomic E-state index is 0.0205. The molecular weight excluding hydrogens is 350 g/mol. The summed E-state index contributed by atoms with van der Waals surface area (Å²) in [5, 5.41) is 20.3. The molecule has 0 aliphatic heterocycles. The summed E-state index contributed by atoms with van der Waals surface area (Å²) in [6, 6.07) is 7.55. The maximum Gasteiger partial charge on any atom is 0.272 e. The molecule has 27 heavy (non-hydrogen) atoms. The van der Waals surface area contributed by atoms with Gasteiger partial charge in [-0.15, -0.1) is 0 Å². The first-order valence-corrected chi connectivity index (χ1v) is 8.91. The molecule has 1 aliphatic carbocycles. The highest BCUT2D eigenvalue weighted by molar-refractivity contribution is 5.94. The predicted octanol–water partition coefficient (Wildman–Crippen LogP) is 1.96. The molecule has 9 nitrogen and oxygen atoms in total. The number of benzene rings is 1. The molecule has 2 amide bonds. The van der Waals surface area contributed by atoms with E-state index < -0.39 is 10.8 Å². The van der Waals surface area contributed by atoms with Crippen molar-refractivity contribution in [2.24, 2.45) is 0 Å². The molecule has 0 spiro atoms. The zero-order chi connectivity index (χ0) is 19.2. The highest BCUT2D eigenvalue weighted by Crippen LogP contribution is 2.17. The molecule has 0 atom stereocenters. The van der Waals surface area contributed by atoms with Crippen LogP contribution in [-0.2, 0) is 4.79 Å². The van der Waals surface area contributed by atoms with Crippen LogP contribution in [0, 0.1) is 10.1 Å². The molecule has 1 aromatic heterocycles. The molecule has 1 aromatic carbocycles. The van der Waals surface area contributed by atoms with E-state index in [0.717, 1.165) is 25.7 Å². The second-order valence-electron chi connectivity index (χ2n) is 6.50. The molecule has 0 radical (unpaired) electrons. The second kappa shape index (κ2) is 8.43. The molecule has 0 bridgehead atoms. The van der Waals surface area contributed by atoms with Crippen molar-refractivity contribution in [1.82, 2.24) is 20.4 Å². The van der Waals surface area contributed by atoms with E-state index >= 15 is 0 Å². The summed E-state index contributed by atoms with van der Waals surface area (Å²) in [5.74, 6) is -0.653. The summed E-state index contributed by atoms with van der Waals surface area (Å²) in [4.78, 5) is 34.3. The van der Waals surface area contributed by atoms with Gasteiger partial charge in [0.05, 0.1) is 17.2 Å². The van der Waals surface area contributed by atoms with E-state index in [0.29, 0.717) is 5.69 Å². The van der Waals surface area contributed by atoms with Crippen LogP contribution in [0.5, 0.6) is 0 Å². The van der Waals surface area contributed by atoms with Crippen molar-refractivity contribution in [3.63, 3.8) is 0 Å². The molecule has 1 aliphatic rings. The van der Waals surface area contributed by atoms with E-state index in [9.17, 15) is 19.7 Å². The van der Waals surface area contributed by atoms with Crippen molar-refractivity contribution in [3.8, 4) is 5.69 Å². The van der Waals surface area contributed by atoms with E-state index in [2.05, 4.69) is 15.7 Å². The minimum Gasteiger partial charge on any atom is -0.352 e. The number of carbonyl (C=O) groups excluding carboxylic acids is 2. The Bertz CT molecular complexity index is 825. The summed E-state index contributed by atoms with van der Waals surface area (Å²) in [6.45, 7) is -0.0975. The zero-order valence-corrected chi connectivity index (χ0v) is 14.8. The fraction of sp³-hybridized carbons (Fsp3) is 0.389. The Morgan fingerprint density at radius 1 is 1.15 bits per heavy atom. The van der Waals surface area contributed by atoms with E-state index in [1.807, 2.05) is 0 Å². The number of nitrogens with zero attached hydrogens (tertiary/aromatic N) is 3. The van der Waals surface area contributed by atoms with Crippen LogP contribution in [0.3, 0.4) is 0 Å². The van der Waals surface area contributed by atoms with Crippen LogP contribution >= 0.6 is 0 Å². The number of nitro benzene ring substituents is 1. The van der Waals surface area contributed by atoms with Gasteiger partial charge in [0.1, 0.15) is 0 Å². The largest absolute Gasteiger partial charge is 0.352 e. The number of non-ortho nitro benzene ring substituents is 1. The van der Waals surface area contributed by atoms with Gasteiger partial charge in [0.15, 0.2) is 5.69 Å². The van der Waals surface area contributed by atoms with E-state index in [-0.39, 0.29) is 29.9 Å². The van der Waals surface area contributed by atoms with Crippen molar-refractivity contribution in [1.29, 1.82) is 0 Å². The lowest BCUT2D eigenvalue weighted by molar-refractivity contribution is -0.384. The molecule has 1 fully saturated rings. The lowest BCUT2D eigenvalue weighted by Gasteiger charge is -2.22. The SMILES string of the molecule is O=C(CNC(=O)c1ccn(-c2ccc([N+](=O)[O-])cc2)n1)NC1CCCCC1. The summed E-state index contributed by atoms with van der Waals surface area (Å²) in [5.41, 5.74) is 0.737. The average molecular weight is 371 g/mol. The Morgan fingerprint density at radius 3 is 2.52 bits per heavy atom. The third kappa shape index (κ3) is 4.90. The third-order valence-corrected chi connectivity index (χ3v) is 4.53. The number of hydrogen-bond donors (Lipinski definition) is 2. The van der Waals surface area contributed by atoms with Crippen molar-refractivity contribution in [2.45, 2.75) is 38.1 Å². The first-order chi connectivity index (χ1) is 13.0. The molecule has 3 rings (SSSR count). The van der Waals surface area contributed by atoms with Gasteiger partial charge >= 0.3 is 0 Å². The Balaban J connectivity index is 1.53. The van der Waals surface area contributed by atoms with Gasteiger partial charge in [0.2, 0.25) is 5.91 Å². The zero-order valence-electron chi connectivity index (χ0n) is 14.8. The molecule has 142 valence electrons. The Hall–Kier alpha value is -3.23. The van der Waals surface area contributed by atoms with Crippen LogP contribution in [0.1, 0.15) is 42.6 Å². The maximum atomic E-state index is 12.2. The predicted molar refractivity (Wildman–Crippen MR) is 97.6 cm³/mol. The molecular formula is C18H21N5O4. The fourth-order valence-corrected chi connectivity index (χ4v) is 3.09. The topological polar surface area (TPSA) is 119 Å². The Kier molecular flexibility index (Phi) is 5.80. The van der Waals surface area contributed by atoms with Gasteiger partial charge in [-0.3, -0.25) is 19.7 Å². The first kappa shape index (κ1) is 18.6. The second-order valence-corrected chi connectivity index (χ2v) is 6.50. The highest BCUT2D eigenvalue weighted by atomic mass is 16.6. The Morgan fingerprint density at radius 2 is 1.85 bits per heavy atom. The van der Waals surface area contributed by atoms with E-state index in [1.54, 1.807) is 18.3 Å². The molecule has 2 N–H and O–H groups in total. The summed E-state index contributed by atoms with van der Waals surface area (Å²) < 4.78 is 1.45. The van der Waals surface area contributed by atoms with E-state index in [1.165, 1.54) is 29.3 Å². The van der Waals surface area contributed by atoms with Gasteiger partial charge in [-0.05, 0) is 31.0 Å². The van der Waals surface area contributed by atoms with Crippen LogP contribution in [0.15, 0.2) is 36.5 Å². The molecule has 1 saturated carbocycles. The molecule has 1 heterocycles. The number of aromatic nitrogens is 2. The smallest absolute Gasteiger partial charge is 0.272 e. The van der Waals surface area contributed by atoms with Crippen molar-refractivity contribution < 1.29 is 14.5 Å². The Labute approximate surface area is 155 Å². The van der Waals surface area contributed by atoms with E-state index in [4.69, 9.17) is 0 Å². The standard InChI is InChI=1S/C18H21N5O4/c24-17(20-13-4-2-1-3-5-13)12-19-18(25)16-10-11-22(21-16)14-6-8-15(9-7-14)23(26)27/h6-11,13H,1-5,12H2,(H,19,25)(H,20,24). The molecule has 0 unspecified atom stereocenters. The van der Waals surface area contributed by atoms with Crippen LogP contribution in [0.25, 0.3) is 5.69 Å². The van der Waals surface area contributed by atoms with Gasteiger partial charge in [-0.2, -0.15) is 5.10 Å². The minimum atomic E-state index is -0.482. The maximum absolute atomic E-state index is 12.2. The number of nitrogens with one attached hydrogen (secondary N) is 2. The quantitative estimate of drug-likeness (QED) is 0.594. The normalized spacial score (nSPS) is 14.5. The summed E-state index contributed by atoms with van der Waals surface area (Å²) >= 11 is 0. The molecule has 9 heteroatoms. The van der Waals surface area contributed by atoms with Crippen molar-refractivity contribution in [2.75, 3.05) is 6.54 Å². The average Bonchev–Trinajstić information content (AvgIpc) is 3.17. The third-order valence-electron chi connectivity index (χ3n) is 4.53. The monoisotopic (exact) mass is 371 g/mol. The number of amides is 2. The number of carbonyl (C=O) groups is 2. The molecule has 2 aromatic rings. The van der Waals surface area contributed by atoms with Gasteiger partial charge in [-0.25, -0.2) is 4.68 Å². The van der Waals surface area contributed by atoms with Gasteiger partial charge in [0.25, 0.3) is 11.6 Å². The number of rotatable bonds is 6. The van der Waals surface area contributed by atoms with Gasteiger partial charge in [-0.1, -0.05) is 19.3 Å². The lowest BCUT2D eigenvalue weighted by Crippen LogP contribution is -2.42. The van der Waals surface area contributed by atoms with Crippen LogP contribution in [0.2, 0.25) is 0 Å². The van der Waals surface area contributed by atoms with Crippen molar-refractivity contribution >= 4 is 17.5 Å². The highest BCUT2D eigenvalue weighted by Gasteiger charge is 2.17. The molecule has 0 saturated heterocycles. The summed E-state index contributed by atoms with van der Waals surface area (Å²) in [6.07, 6.45) is 7.01. The van der Waals surface area contributed by atoms with Crippen molar-refractivity contribution in [3.05, 3.63) is 52.3 Å². The number of nitro groups is 1. The van der Waals surface area contributed by atoms with Gasteiger partial charge < -0.3 is 10.6 Å². The van der Waals surface area contributed by atoms with Crippen LogP contribution < -0.4 is 10.6 Å². The lowest BCUT2D eigenvalue weighted by atomic mass is 9.95.